The third-order valence-electron chi connectivity index (χ3n) is 4.09. The van der Waals surface area contributed by atoms with Crippen molar-refractivity contribution in [1.29, 1.82) is 0 Å². The second-order valence-electron chi connectivity index (χ2n) is 6.09. The molecular formula is C15H31N. The van der Waals surface area contributed by atoms with Gasteiger partial charge in [0.2, 0.25) is 0 Å². The van der Waals surface area contributed by atoms with E-state index in [9.17, 15) is 0 Å². The number of hydrogen-bond acceptors (Lipinski definition) is 1. The van der Waals surface area contributed by atoms with Crippen LogP contribution in [-0.2, 0) is 0 Å². The third-order valence-corrected chi connectivity index (χ3v) is 4.09. The van der Waals surface area contributed by atoms with E-state index in [-0.39, 0.29) is 0 Å². The Hall–Kier alpha value is -0.0400. The molecule has 1 saturated carbocycles. The first kappa shape index (κ1) is 14.0. The molecule has 1 unspecified atom stereocenters. The lowest BCUT2D eigenvalue weighted by Gasteiger charge is -2.32. The van der Waals surface area contributed by atoms with Crippen molar-refractivity contribution in [3.63, 3.8) is 0 Å². The summed E-state index contributed by atoms with van der Waals surface area (Å²) < 4.78 is 0. The van der Waals surface area contributed by atoms with E-state index in [0.29, 0.717) is 5.41 Å². The zero-order valence-electron chi connectivity index (χ0n) is 11.6. The molecule has 1 atom stereocenters. The maximum Gasteiger partial charge on any atom is 0.000526 e. The Morgan fingerprint density at radius 2 is 1.81 bits per heavy atom. The van der Waals surface area contributed by atoms with Gasteiger partial charge in [-0.2, -0.15) is 0 Å². The van der Waals surface area contributed by atoms with Crippen LogP contribution in [0.25, 0.3) is 0 Å². The zero-order valence-corrected chi connectivity index (χ0v) is 11.6. The van der Waals surface area contributed by atoms with E-state index in [1.807, 2.05) is 0 Å². The van der Waals surface area contributed by atoms with Crippen LogP contribution in [0.4, 0.5) is 0 Å². The summed E-state index contributed by atoms with van der Waals surface area (Å²) in [5.41, 5.74) is 0.554. The normalized spacial score (nSPS) is 21.2. The number of nitrogens with one attached hydrogen (secondary N) is 1. The summed E-state index contributed by atoms with van der Waals surface area (Å²) in [7, 11) is 0. The monoisotopic (exact) mass is 225 g/mol. The molecule has 1 aliphatic rings. The molecule has 1 rings (SSSR count). The van der Waals surface area contributed by atoms with Crippen molar-refractivity contribution in [2.24, 2.45) is 11.3 Å². The average molecular weight is 225 g/mol. The minimum atomic E-state index is 0.554. The summed E-state index contributed by atoms with van der Waals surface area (Å²) in [6.45, 7) is 9.49. The van der Waals surface area contributed by atoms with Crippen LogP contribution in [0.15, 0.2) is 0 Å². The molecule has 0 radical (unpaired) electrons. The van der Waals surface area contributed by atoms with E-state index in [0.717, 1.165) is 5.92 Å². The fourth-order valence-corrected chi connectivity index (χ4v) is 3.34. The Labute approximate surface area is 102 Å². The van der Waals surface area contributed by atoms with Gasteiger partial charge < -0.3 is 5.32 Å². The molecule has 0 aromatic heterocycles. The van der Waals surface area contributed by atoms with Gasteiger partial charge in [0.25, 0.3) is 0 Å². The fourth-order valence-electron chi connectivity index (χ4n) is 3.34. The smallest absolute Gasteiger partial charge is 0.000526 e. The molecule has 16 heavy (non-hydrogen) atoms. The molecule has 0 spiro atoms. The molecular weight excluding hydrogens is 194 g/mol. The van der Waals surface area contributed by atoms with Crippen molar-refractivity contribution in [2.45, 2.75) is 72.1 Å². The molecule has 1 aliphatic carbocycles. The zero-order chi connectivity index (χ0) is 11.9. The second kappa shape index (κ2) is 7.32. The molecule has 1 nitrogen and oxygen atoms in total. The van der Waals surface area contributed by atoms with Gasteiger partial charge in [-0.05, 0) is 37.1 Å². The third kappa shape index (κ3) is 4.86. The SMILES string of the molecule is CCCNCC(C)(CCC)CC1CCCC1. The topological polar surface area (TPSA) is 12.0 Å². The lowest BCUT2D eigenvalue weighted by molar-refractivity contribution is 0.211. The van der Waals surface area contributed by atoms with Crippen molar-refractivity contribution < 1.29 is 0 Å². The molecule has 1 fully saturated rings. The summed E-state index contributed by atoms with van der Waals surface area (Å²) in [4.78, 5) is 0. The molecule has 1 heteroatoms. The highest BCUT2D eigenvalue weighted by Crippen LogP contribution is 2.38. The highest BCUT2D eigenvalue weighted by Gasteiger charge is 2.28. The van der Waals surface area contributed by atoms with E-state index in [1.54, 1.807) is 0 Å². The molecule has 0 aliphatic heterocycles. The first-order chi connectivity index (χ1) is 7.70. The van der Waals surface area contributed by atoms with E-state index >= 15 is 0 Å². The molecule has 0 amide bonds. The Balaban J connectivity index is 2.35. The van der Waals surface area contributed by atoms with E-state index < -0.39 is 0 Å². The highest BCUT2D eigenvalue weighted by atomic mass is 14.9. The quantitative estimate of drug-likeness (QED) is 0.605. The van der Waals surface area contributed by atoms with E-state index in [1.165, 1.54) is 64.5 Å². The summed E-state index contributed by atoms with van der Waals surface area (Å²) in [5.74, 6) is 1.03. The standard InChI is InChI=1S/C15H31N/c1-4-10-15(3,13-16-11-5-2)12-14-8-6-7-9-14/h14,16H,4-13H2,1-3H3. The van der Waals surface area contributed by atoms with Gasteiger partial charge in [0.15, 0.2) is 0 Å². The van der Waals surface area contributed by atoms with Gasteiger partial charge in [-0.1, -0.05) is 52.9 Å². The average Bonchev–Trinajstić information content (AvgIpc) is 2.71. The molecule has 0 aromatic rings. The summed E-state index contributed by atoms with van der Waals surface area (Å²) >= 11 is 0. The van der Waals surface area contributed by atoms with Gasteiger partial charge in [0.1, 0.15) is 0 Å². The maximum atomic E-state index is 3.63. The molecule has 1 N–H and O–H groups in total. The first-order valence-electron chi connectivity index (χ1n) is 7.41. The van der Waals surface area contributed by atoms with Crippen LogP contribution in [0.1, 0.15) is 72.1 Å². The van der Waals surface area contributed by atoms with E-state index in [4.69, 9.17) is 0 Å². The minimum absolute atomic E-state index is 0.554. The van der Waals surface area contributed by atoms with E-state index in [2.05, 4.69) is 26.1 Å². The van der Waals surface area contributed by atoms with Crippen molar-refractivity contribution in [3.05, 3.63) is 0 Å². The highest BCUT2D eigenvalue weighted by molar-refractivity contribution is 4.82. The number of hydrogen-bond donors (Lipinski definition) is 1. The van der Waals surface area contributed by atoms with Crippen LogP contribution in [0.2, 0.25) is 0 Å². The predicted molar refractivity (Wildman–Crippen MR) is 72.8 cm³/mol. The van der Waals surface area contributed by atoms with Crippen molar-refractivity contribution in [3.8, 4) is 0 Å². The molecule has 0 bridgehead atoms. The van der Waals surface area contributed by atoms with Crippen LogP contribution >= 0.6 is 0 Å². The minimum Gasteiger partial charge on any atom is -0.316 e. The summed E-state index contributed by atoms with van der Waals surface area (Å²) in [6, 6.07) is 0. The predicted octanol–water partition coefficient (Wildman–Crippen LogP) is 4.37. The molecule has 0 aromatic carbocycles. The van der Waals surface area contributed by atoms with Crippen LogP contribution in [0.3, 0.4) is 0 Å². The first-order valence-corrected chi connectivity index (χ1v) is 7.41. The summed E-state index contributed by atoms with van der Waals surface area (Å²) in [6.07, 6.45) is 11.4. The lowest BCUT2D eigenvalue weighted by Crippen LogP contribution is -2.33. The second-order valence-corrected chi connectivity index (χ2v) is 6.09. The fraction of sp³-hybridized carbons (Fsp3) is 1.00. The Kier molecular flexibility index (Phi) is 6.41. The number of rotatable bonds is 8. The van der Waals surface area contributed by atoms with Gasteiger partial charge in [0, 0.05) is 6.54 Å². The lowest BCUT2D eigenvalue weighted by atomic mass is 9.77. The van der Waals surface area contributed by atoms with Gasteiger partial charge in [-0.25, -0.2) is 0 Å². The Morgan fingerprint density at radius 1 is 1.12 bits per heavy atom. The van der Waals surface area contributed by atoms with Gasteiger partial charge in [0.05, 0.1) is 0 Å². The summed E-state index contributed by atoms with van der Waals surface area (Å²) in [5, 5.41) is 3.63. The molecule has 0 saturated heterocycles. The van der Waals surface area contributed by atoms with Crippen LogP contribution in [0.5, 0.6) is 0 Å². The molecule has 96 valence electrons. The van der Waals surface area contributed by atoms with Crippen molar-refractivity contribution >= 4 is 0 Å². The van der Waals surface area contributed by atoms with Gasteiger partial charge in [-0.3, -0.25) is 0 Å². The maximum absolute atomic E-state index is 3.63. The van der Waals surface area contributed by atoms with Crippen LogP contribution in [-0.4, -0.2) is 13.1 Å². The van der Waals surface area contributed by atoms with Crippen molar-refractivity contribution in [1.82, 2.24) is 5.32 Å². The molecule has 0 heterocycles. The Morgan fingerprint density at radius 3 is 2.38 bits per heavy atom. The van der Waals surface area contributed by atoms with Gasteiger partial charge >= 0.3 is 0 Å². The Bertz CT molecular complexity index is 172. The van der Waals surface area contributed by atoms with Crippen LogP contribution < -0.4 is 5.32 Å². The van der Waals surface area contributed by atoms with Crippen molar-refractivity contribution in [2.75, 3.05) is 13.1 Å². The van der Waals surface area contributed by atoms with Gasteiger partial charge in [-0.15, -0.1) is 0 Å². The van der Waals surface area contributed by atoms with Crippen LogP contribution in [0, 0.1) is 11.3 Å². The largest absolute Gasteiger partial charge is 0.316 e.